The Kier molecular flexibility index (Phi) is 6.64. The van der Waals surface area contributed by atoms with E-state index in [0.717, 1.165) is 4.90 Å². The summed E-state index contributed by atoms with van der Waals surface area (Å²) in [4.78, 5) is 37.3. The number of esters is 1. The third-order valence-corrected chi connectivity index (χ3v) is 5.10. The maximum atomic E-state index is 12.9. The molecule has 2 aromatic rings. The van der Waals surface area contributed by atoms with Gasteiger partial charge in [-0.2, -0.15) is 5.26 Å². The number of nitriles is 1. The van der Waals surface area contributed by atoms with Gasteiger partial charge in [-0.15, -0.1) is 0 Å². The Morgan fingerprint density at radius 2 is 1.97 bits per heavy atom. The molecule has 3 rings (SSSR count). The highest BCUT2D eigenvalue weighted by Crippen LogP contribution is 2.33. The number of hydrogen-bond donors (Lipinski definition) is 0. The fourth-order valence-corrected chi connectivity index (χ4v) is 3.52. The molecule has 7 nitrogen and oxygen atoms in total. The SMILES string of the molecule is CC(=O)OCCN1C(=O)C(=Cc2ccc(-c3ccc(Cl)cc3Cl)o2)C(C)=C(C#N)C1=O. The quantitative estimate of drug-likeness (QED) is 0.373. The van der Waals surface area contributed by atoms with E-state index >= 15 is 0 Å². The molecule has 0 radical (unpaired) electrons. The summed E-state index contributed by atoms with van der Waals surface area (Å²) in [5, 5.41) is 10.3. The van der Waals surface area contributed by atoms with Crippen molar-refractivity contribution < 1.29 is 23.5 Å². The normalized spacial score (nSPS) is 15.5. The number of furan rings is 1. The van der Waals surface area contributed by atoms with Crippen LogP contribution in [0.4, 0.5) is 0 Å². The molecule has 1 aromatic carbocycles. The van der Waals surface area contributed by atoms with Crippen LogP contribution in [0.1, 0.15) is 19.6 Å². The van der Waals surface area contributed by atoms with E-state index in [-0.39, 0.29) is 29.9 Å². The first-order chi connectivity index (χ1) is 14.7. The summed E-state index contributed by atoms with van der Waals surface area (Å²) in [6, 6.07) is 10.1. The second-order valence-electron chi connectivity index (χ2n) is 6.60. The molecular weight excluding hydrogens is 443 g/mol. The van der Waals surface area contributed by atoms with Crippen molar-refractivity contribution in [3.8, 4) is 17.4 Å². The Morgan fingerprint density at radius 3 is 2.61 bits per heavy atom. The Morgan fingerprint density at radius 1 is 1.23 bits per heavy atom. The van der Waals surface area contributed by atoms with E-state index in [4.69, 9.17) is 32.4 Å². The first-order valence-electron chi connectivity index (χ1n) is 9.10. The van der Waals surface area contributed by atoms with E-state index < -0.39 is 17.8 Å². The molecule has 158 valence electrons. The summed E-state index contributed by atoms with van der Waals surface area (Å²) in [6.07, 6.45) is 1.45. The molecule has 0 bridgehead atoms. The lowest BCUT2D eigenvalue weighted by molar-refractivity contribution is -0.147. The molecule has 1 aliphatic rings. The first-order valence-corrected chi connectivity index (χ1v) is 9.86. The van der Waals surface area contributed by atoms with E-state index in [9.17, 15) is 19.6 Å². The van der Waals surface area contributed by atoms with Crippen LogP contribution in [-0.4, -0.2) is 35.8 Å². The summed E-state index contributed by atoms with van der Waals surface area (Å²) >= 11 is 12.1. The van der Waals surface area contributed by atoms with Crippen molar-refractivity contribution in [2.45, 2.75) is 13.8 Å². The third kappa shape index (κ3) is 4.71. The Balaban J connectivity index is 1.96. The molecule has 0 spiro atoms. The van der Waals surface area contributed by atoms with Crippen molar-refractivity contribution in [2.75, 3.05) is 13.2 Å². The average Bonchev–Trinajstić information content (AvgIpc) is 3.16. The number of hydrogen-bond acceptors (Lipinski definition) is 6. The van der Waals surface area contributed by atoms with Gasteiger partial charge in [-0.1, -0.05) is 23.2 Å². The van der Waals surface area contributed by atoms with E-state index in [1.165, 1.54) is 19.9 Å². The summed E-state index contributed by atoms with van der Waals surface area (Å²) in [5.74, 6) is -1.10. The Labute approximate surface area is 188 Å². The van der Waals surface area contributed by atoms with E-state index in [1.54, 1.807) is 30.3 Å². The maximum absolute atomic E-state index is 12.9. The van der Waals surface area contributed by atoms with Crippen LogP contribution in [0.2, 0.25) is 10.0 Å². The number of benzene rings is 1. The van der Waals surface area contributed by atoms with Gasteiger partial charge < -0.3 is 9.15 Å². The summed E-state index contributed by atoms with van der Waals surface area (Å²) in [6.45, 7) is 2.40. The number of carbonyl (C=O) groups is 3. The van der Waals surface area contributed by atoms with Crippen LogP contribution in [0.15, 0.2) is 51.5 Å². The predicted molar refractivity (Wildman–Crippen MR) is 114 cm³/mol. The number of amides is 2. The molecule has 0 fully saturated rings. The van der Waals surface area contributed by atoms with Gasteiger partial charge >= 0.3 is 5.97 Å². The third-order valence-electron chi connectivity index (χ3n) is 4.56. The zero-order valence-electron chi connectivity index (χ0n) is 16.6. The highest BCUT2D eigenvalue weighted by Gasteiger charge is 2.35. The van der Waals surface area contributed by atoms with Gasteiger partial charge in [-0.3, -0.25) is 19.3 Å². The van der Waals surface area contributed by atoms with Crippen molar-refractivity contribution in [2.24, 2.45) is 0 Å². The highest BCUT2D eigenvalue weighted by atomic mass is 35.5. The van der Waals surface area contributed by atoms with Crippen molar-refractivity contribution in [3.05, 3.63) is 62.9 Å². The average molecular weight is 459 g/mol. The number of rotatable bonds is 5. The van der Waals surface area contributed by atoms with E-state index in [2.05, 4.69) is 0 Å². The van der Waals surface area contributed by atoms with Crippen molar-refractivity contribution in [1.82, 2.24) is 4.90 Å². The molecule has 0 atom stereocenters. The van der Waals surface area contributed by atoms with Crippen molar-refractivity contribution >= 4 is 47.1 Å². The lowest BCUT2D eigenvalue weighted by atomic mass is 9.94. The van der Waals surface area contributed by atoms with Crippen molar-refractivity contribution in [1.29, 1.82) is 5.26 Å². The van der Waals surface area contributed by atoms with Gasteiger partial charge in [-0.25, -0.2) is 0 Å². The largest absolute Gasteiger partial charge is 0.464 e. The number of carbonyl (C=O) groups excluding carboxylic acids is 3. The lowest BCUT2D eigenvalue weighted by Gasteiger charge is -2.27. The topological polar surface area (TPSA) is 101 Å². The summed E-state index contributed by atoms with van der Waals surface area (Å²) in [5.41, 5.74) is 0.820. The van der Waals surface area contributed by atoms with Gasteiger partial charge in [0, 0.05) is 23.1 Å². The minimum atomic E-state index is -0.734. The fourth-order valence-electron chi connectivity index (χ4n) is 3.02. The smallest absolute Gasteiger partial charge is 0.302 e. The molecule has 0 saturated carbocycles. The first kappa shape index (κ1) is 22.3. The van der Waals surface area contributed by atoms with Crippen LogP contribution in [-0.2, 0) is 19.1 Å². The lowest BCUT2D eigenvalue weighted by Crippen LogP contribution is -2.44. The molecule has 0 unspecified atom stereocenters. The number of halogens is 2. The van der Waals surface area contributed by atoms with Gasteiger partial charge in [0.2, 0.25) is 0 Å². The van der Waals surface area contributed by atoms with Crippen LogP contribution in [0.5, 0.6) is 0 Å². The minimum Gasteiger partial charge on any atom is -0.464 e. The fraction of sp³-hybridized carbons (Fsp3) is 0.182. The molecule has 1 aliphatic heterocycles. The highest BCUT2D eigenvalue weighted by molar-refractivity contribution is 6.36. The standard InChI is InChI=1S/C22H16Cl2N2O5/c1-12-17(21(28)26(7-8-30-13(2)27)22(29)18(12)11-25)10-15-4-6-20(31-15)16-5-3-14(23)9-19(16)24/h3-6,9-10H,7-8H2,1-2H3. The second-order valence-corrected chi connectivity index (χ2v) is 7.44. The van der Waals surface area contributed by atoms with Crippen LogP contribution in [0, 0.1) is 11.3 Å². The molecule has 0 N–H and O–H groups in total. The molecule has 1 aromatic heterocycles. The second kappa shape index (κ2) is 9.21. The molecule has 31 heavy (non-hydrogen) atoms. The number of nitrogens with zero attached hydrogens (tertiary/aromatic N) is 2. The number of ether oxygens (including phenoxy) is 1. The van der Waals surface area contributed by atoms with Crippen LogP contribution < -0.4 is 0 Å². The van der Waals surface area contributed by atoms with Crippen LogP contribution in [0.3, 0.4) is 0 Å². The van der Waals surface area contributed by atoms with Gasteiger partial charge in [0.05, 0.1) is 11.6 Å². The van der Waals surface area contributed by atoms with Gasteiger partial charge in [0.1, 0.15) is 29.8 Å². The predicted octanol–water partition coefficient (Wildman–Crippen LogP) is 4.41. The van der Waals surface area contributed by atoms with Crippen LogP contribution >= 0.6 is 23.2 Å². The summed E-state index contributed by atoms with van der Waals surface area (Å²) < 4.78 is 10.6. The molecular formula is C22H16Cl2N2O5. The minimum absolute atomic E-state index is 0.127. The molecule has 2 amide bonds. The van der Waals surface area contributed by atoms with Gasteiger partial charge in [0.25, 0.3) is 11.8 Å². The molecule has 9 heteroatoms. The molecule has 0 saturated heterocycles. The molecule has 0 aliphatic carbocycles. The number of imide groups is 1. The van der Waals surface area contributed by atoms with E-state index in [1.807, 2.05) is 6.07 Å². The molecule has 2 heterocycles. The van der Waals surface area contributed by atoms with Gasteiger partial charge in [-0.05, 0) is 48.9 Å². The van der Waals surface area contributed by atoms with Crippen LogP contribution in [0.25, 0.3) is 17.4 Å². The monoisotopic (exact) mass is 458 g/mol. The zero-order chi connectivity index (χ0) is 22.7. The van der Waals surface area contributed by atoms with Crippen molar-refractivity contribution in [3.63, 3.8) is 0 Å². The summed E-state index contributed by atoms with van der Waals surface area (Å²) in [7, 11) is 0. The van der Waals surface area contributed by atoms with E-state index in [0.29, 0.717) is 27.1 Å². The van der Waals surface area contributed by atoms with Gasteiger partial charge in [0.15, 0.2) is 0 Å². The Hall–Kier alpha value is -3.34. The maximum Gasteiger partial charge on any atom is 0.302 e. The Bertz CT molecular complexity index is 1190. The zero-order valence-corrected chi connectivity index (χ0v) is 18.1.